The van der Waals surface area contributed by atoms with E-state index >= 15 is 0 Å². The smallest absolute Gasteiger partial charge is 0.0381 e. The number of nitrogens with zero attached hydrogens (tertiary/aromatic N) is 1. The molecule has 0 amide bonds. The van der Waals surface area contributed by atoms with E-state index in [0.29, 0.717) is 0 Å². The topological polar surface area (TPSA) is 12.9 Å². The van der Waals surface area contributed by atoms with Gasteiger partial charge in [-0.05, 0) is 31.5 Å². The molecule has 0 radical (unpaired) electrons. The Kier molecular flexibility index (Phi) is 1.86. The zero-order chi connectivity index (χ0) is 7.56. The second-order valence-corrected chi connectivity index (χ2v) is 2.39. The fourth-order valence-corrected chi connectivity index (χ4v) is 0.985. The number of aromatic nitrogens is 1. The highest BCUT2D eigenvalue weighted by Gasteiger charge is 1.90. The predicted molar refractivity (Wildman–Crippen MR) is 43.8 cm³/mol. The van der Waals surface area contributed by atoms with Gasteiger partial charge in [-0.25, -0.2) is 0 Å². The van der Waals surface area contributed by atoms with Crippen molar-refractivity contribution >= 4 is 6.08 Å². The van der Waals surface area contributed by atoms with Gasteiger partial charge in [-0.2, -0.15) is 0 Å². The summed E-state index contributed by atoms with van der Waals surface area (Å²) in [6.45, 7) is 7.66. The average Bonchev–Trinajstić information content (AvgIpc) is 1.85. The van der Waals surface area contributed by atoms with Gasteiger partial charge < -0.3 is 0 Å². The Morgan fingerprint density at radius 1 is 1.30 bits per heavy atom. The Morgan fingerprint density at radius 3 is 2.20 bits per heavy atom. The monoisotopic (exact) mass is 133 g/mol. The Labute approximate surface area is 61.4 Å². The molecular formula is C9H11N. The van der Waals surface area contributed by atoms with Crippen molar-refractivity contribution in [2.24, 2.45) is 0 Å². The maximum Gasteiger partial charge on any atom is 0.0381 e. The maximum atomic E-state index is 4.23. The van der Waals surface area contributed by atoms with Crippen LogP contribution in [0.5, 0.6) is 0 Å². The fraction of sp³-hybridized carbons (Fsp3) is 0.222. The number of hydrogen-bond donors (Lipinski definition) is 0. The third kappa shape index (κ3) is 1.44. The molecule has 1 aromatic heterocycles. The molecule has 0 aliphatic heterocycles. The molecule has 0 saturated carbocycles. The van der Waals surface area contributed by atoms with E-state index in [0.717, 1.165) is 17.0 Å². The second kappa shape index (κ2) is 2.65. The van der Waals surface area contributed by atoms with Gasteiger partial charge in [-0.15, -0.1) is 0 Å². The molecule has 0 fully saturated rings. The van der Waals surface area contributed by atoms with Gasteiger partial charge >= 0.3 is 0 Å². The quantitative estimate of drug-likeness (QED) is 0.573. The number of rotatable bonds is 1. The minimum Gasteiger partial charge on any atom is -0.258 e. The van der Waals surface area contributed by atoms with Crippen molar-refractivity contribution in [2.45, 2.75) is 13.8 Å². The van der Waals surface area contributed by atoms with Gasteiger partial charge in [0.1, 0.15) is 0 Å². The van der Waals surface area contributed by atoms with Crippen molar-refractivity contribution in [3.63, 3.8) is 0 Å². The summed E-state index contributed by atoms with van der Waals surface area (Å²) >= 11 is 0. The highest BCUT2D eigenvalue weighted by Crippen LogP contribution is 2.04. The van der Waals surface area contributed by atoms with E-state index in [1.165, 1.54) is 0 Å². The average molecular weight is 133 g/mol. The Bertz CT molecular complexity index is 231. The molecule has 0 aliphatic carbocycles. The van der Waals surface area contributed by atoms with Crippen LogP contribution in [0.4, 0.5) is 0 Å². The van der Waals surface area contributed by atoms with Gasteiger partial charge in [-0.1, -0.05) is 12.7 Å². The molecule has 1 rings (SSSR count). The van der Waals surface area contributed by atoms with Crippen LogP contribution >= 0.6 is 0 Å². The maximum absolute atomic E-state index is 4.23. The van der Waals surface area contributed by atoms with Gasteiger partial charge in [0.25, 0.3) is 0 Å². The molecule has 52 valence electrons. The van der Waals surface area contributed by atoms with E-state index in [9.17, 15) is 0 Å². The van der Waals surface area contributed by atoms with Crippen molar-refractivity contribution in [3.8, 4) is 0 Å². The standard InChI is InChI=1S/C9H11N/c1-4-9-5-7(2)10-8(3)6-9/h4-6H,1H2,2-3H3. The Balaban J connectivity index is 3.18. The molecule has 1 nitrogen and oxygen atoms in total. The van der Waals surface area contributed by atoms with Gasteiger partial charge in [0.15, 0.2) is 0 Å². The van der Waals surface area contributed by atoms with E-state index in [1.807, 2.05) is 32.1 Å². The molecule has 0 aliphatic rings. The van der Waals surface area contributed by atoms with Gasteiger partial charge in [0, 0.05) is 11.4 Å². The largest absolute Gasteiger partial charge is 0.258 e. The van der Waals surface area contributed by atoms with Gasteiger partial charge in [0.05, 0.1) is 0 Å². The second-order valence-electron chi connectivity index (χ2n) is 2.39. The SMILES string of the molecule is C=Cc1cc(C)nc(C)c1. The van der Waals surface area contributed by atoms with Crippen LogP contribution in [0.15, 0.2) is 18.7 Å². The van der Waals surface area contributed by atoms with Crippen LogP contribution in [-0.4, -0.2) is 4.98 Å². The molecule has 0 aromatic carbocycles. The molecule has 0 bridgehead atoms. The molecule has 1 heterocycles. The Hall–Kier alpha value is -1.11. The van der Waals surface area contributed by atoms with Crippen molar-refractivity contribution in [1.29, 1.82) is 0 Å². The molecule has 0 unspecified atom stereocenters. The third-order valence-corrected chi connectivity index (χ3v) is 1.34. The van der Waals surface area contributed by atoms with Crippen molar-refractivity contribution in [1.82, 2.24) is 4.98 Å². The van der Waals surface area contributed by atoms with Crippen LogP contribution in [-0.2, 0) is 0 Å². The first kappa shape index (κ1) is 7.00. The first-order chi connectivity index (χ1) is 4.72. The molecule has 1 heteroatoms. The first-order valence-electron chi connectivity index (χ1n) is 3.30. The number of aryl methyl sites for hydroxylation is 2. The molecule has 1 aromatic rings. The molecule has 0 spiro atoms. The summed E-state index contributed by atoms with van der Waals surface area (Å²) in [5.74, 6) is 0. The lowest BCUT2D eigenvalue weighted by atomic mass is 10.2. The van der Waals surface area contributed by atoms with Crippen molar-refractivity contribution < 1.29 is 0 Å². The molecule has 0 N–H and O–H groups in total. The van der Waals surface area contributed by atoms with Crippen LogP contribution in [0.3, 0.4) is 0 Å². The van der Waals surface area contributed by atoms with Crippen molar-refractivity contribution in [3.05, 3.63) is 35.7 Å². The van der Waals surface area contributed by atoms with E-state index < -0.39 is 0 Å². The van der Waals surface area contributed by atoms with E-state index in [4.69, 9.17) is 0 Å². The molecule has 0 atom stereocenters. The first-order valence-corrected chi connectivity index (χ1v) is 3.30. The number of hydrogen-bond acceptors (Lipinski definition) is 1. The summed E-state index contributed by atoms with van der Waals surface area (Å²) in [5, 5.41) is 0. The Morgan fingerprint density at radius 2 is 1.80 bits per heavy atom. The van der Waals surface area contributed by atoms with Crippen LogP contribution in [0.1, 0.15) is 17.0 Å². The summed E-state index contributed by atoms with van der Waals surface area (Å²) in [4.78, 5) is 4.23. The highest BCUT2D eigenvalue weighted by molar-refractivity contribution is 5.47. The predicted octanol–water partition coefficient (Wildman–Crippen LogP) is 2.34. The molecule has 0 saturated heterocycles. The summed E-state index contributed by atoms with van der Waals surface area (Å²) in [5.41, 5.74) is 3.25. The van der Waals surface area contributed by atoms with Crippen LogP contribution in [0, 0.1) is 13.8 Å². The van der Waals surface area contributed by atoms with Gasteiger partial charge in [0.2, 0.25) is 0 Å². The summed E-state index contributed by atoms with van der Waals surface area (Å²) in [7, 11) is 0. The van der Waals surface area contributed by atoms with E-state index in [-0.39, 0.29) is 0 Å². The summed E-state index contributed by atoms with van der Waals surface area (Å²) < 4.78 is 0. The summed E-state index contributed by atoms with van der Waals surface area (Å²) in [6, 6.07) is 4.03. The lowest BCUT2D eigenvalue weighted by Crippen LogP contribution is -1.85. The third-order valence-electron chi connectivity index (χ3n) is 1.34. The lowest BCUT2D eigenvalue weighted by molar-refractivity contribution is 1.12. The van der Waals surface area contributed by atoms with E-state index in [2.05, 4.69) is 11.6 Å². The zero-order valence-corrected chi connectivity index (χ0v) is 6.39. The van der Waals surface area contributed by atoms with Crippen LogP contribution in [0.25, 0.3) is 6.08 Å². The van der Waals surface area contributed by atoms with Gasteiger partial charge in [-0.3, -0.25) is 4.98 Å². The normalized spacial score (nSPS) is 9.40. The molecule has 10 heavy (non-hydrogen) atoms. The fourth-order valence-electron chi connectivity index (χ4n) is 0.985. The minimum absolute atomic E-state index is 1.05. The summed E-state index contributed by atoms with van der Waals surface area (Å²) in [6.07, 6.45) is 1.84. The van der Waals surface area contributed by atoms with Crippen molar-refractivity contribution in [2.75, 3.05) is 0 Å². The van der Waals surface area contributed by atoms with E-state index in [1.54, 1.807) is 0 Å². The number of pyridine rings is 1. The van der Waals surface area contributed by atoms with Crippen LogP contribution < -0.4 is 0 Å². The zero-order valence-electron chi connectivity index (χ0n) is 6.39. The van der Waals surface area contributed by atoms with Crippen LogP contribution in [0.2, 0.25) is 0 Å². The minimum atomic E-state index is 1.05. The molecular weight excluding hydrogens is 122 g/mol. The lowest BCUT2D eigenvalue weighted by Gasteiger charge is -1.97. The highest BCUT2D eigenvalue weighted by atomic mass is 14.7.